The number of carbonyl (C=O) groups is 2. The van der Waals surface area contributed by atoms with Gasteiger partial charge in [-0.25, -0.2) is 9.18 Å². The number of nitrogen functional groups attached to an aromatic ring is 1. The molecule has 3 N–H and O–H groups in total. The van der Waals surface area contributed by atoms with Crippen molar-refractivity contribution in [1.82, 2.24) is 0 Å². The zero-order valence-electron chi connectivity index (χ0n) is 12.6. The molecule has 2 rings (SSSR count). The fourth-order valence-corrected chi connectivity index (χ4v) is 2.03. The van der Waals surface area contributed by atoms with E-state index in [1.54, 1.807) is 0 Å². The van der Waals surface area contributed by atoms with Crippen molar-refractivity contribution in [3.05, 3.63) is 52.8 Å². The third-order valence-electron chi connectivity index (χ3n) is 2.98. The minimum absolute atomic E-state index is 0.0373. The minimum Gasteiger partial charge on any atom is -0.496 e. The van der Waals surface area contributed by atoms with Crippen LogP contribution in [0, 0.1) is 5.82 Å². The molecule has 0 aromatic heterocycles. The predicted octanol–water partition coefficient (Wildman–Crippen LogP) is 2.87. The highest BCUT2D eigenvalue weighted by molar-refractivity contribution is 6.33. The summed E-state index contributed by atoms with van der Waals surface area (Å²) in [7, 11) is 1.36. The molecule has 2 aromatic rings. The third-order valence-corrected chi connectivity index (χ3v) is 3.31. The van der Waals surface area contributed by atoms with Gasteiger partial charge in [0, 0.05) is 11.8 Å². The predicted molar refractivity (Wildman–Crippen MR) is 87.7 cm³/mol. The number of nitrogens with two attached hydrogens (primary N) is 1. The first-order valence-corrected chi connectivity index (χ1v) is 7.14. The number of carbonyl (C=O) groups excluding carboxylic acids is 2. The van der Waals surface area contributed by atoms with Crippen molar-refractivity contribution in [1.29, 1.82) is 0 Å². The molecule has 0 heterocycles. The Morgan fingerprint density at radius 3 is 2.71 bits per heavy atom. The summed E-state index contributed by atoms with van der Waals surface area (Å²) in [5, 5.41) is 2.56. The van der Waals surface area contributed by atoms with Crippen LogP contribution in [0.2, 0.25) is 5.02 Å². The quantitative estimate of drug-likeness (QED) is 0.638. The molecule has 0 atom stereocenters. The van der Waals surface area contributed by atoms with Crippen molar-refractivity contribution in [2.45, 2.75) is 0 Å². The molecule has 0 aliphatic rings. The topological polar surface area (TPSA) is 90.7 Å². The van der Waals surface area contributed by atoms with Crippen LogP contribution >= 0.6 is 11.6 Å². The van der Waals surface area contributed by atoms with E-state index in [2.05, 4.69) is 5.32 Å². The van der Waals surface area contributed by atoms with E-state index in [4.69, 9.17) is 26.8 Å². The van der Waals surface area contributed by atoms with Crippen molar-refractivity contribution < 1.29 is 23.5 Å². The molecule has 0 fully saturated rings. The first-order valence-electron chi connectivity index (χ1n) is 6.76. The number of benzene rings is 2. The Morgan fingerprint density at radius 1 is 1.29 bits per heavy atom. The van der Waals surface area contributed by atoms with Crippen molar-refractivity contribution in [2.24, 2.45) is 0 Å². The van der Waals surface area contributed by atoms with Crippen LogP contribution in [0.25, 0.3) is 0 Å². The lowest BCUT2D eigenvalue weighted by atomic mass is 10.2. The maximum Gasteiger partial charge on any atom is 0.342 e. The van der Waals surface area contributed by atoms with Crippen LogP contribution in [0.1, 0.15) is 10.4 Å². The number of halogens is 2. The molecule has 0 spiro atoms. The second-order valence-electron chi connectivity index (χ2n) is 4.71. The zero-order valence-corrected chi connectivity index (χ0v) is 13.4. The van der Waals surface area contributed by atoms with Gasteiger partial charge >= 0.3 is 5.97 Å². The van der Waals surface area contributed by atoms with E-state index in [0.29, 0.717) is 0 Å². The highest BCUT2D eigenvalue weighted by Crippen LogP contribution is 2.29. The normalized spacial score (nSPS) is 10.1. The van der Waals surface area contributed by atoms with Crippen molar-refractivity contribution >= 4 is 34.9 Å². The summed E-state index contributed by atoms with van der Waals surface area (Å²) >= 11 is 5.87. The van der Waals surface area contributed by atoms with E-state index in [0.717, 1.165) is 6.07 Å². The van der Waals surface area contributed by atoms with E-state index < -0.39 is 24.3 Å². The molecule has 0 aliphatic heterocycles. The molecular weight excluding hydrogens is 339 g/mol. The van der Waals surface area contributed by atoms with Crippen LogP contribution in [0.15, 0.2) is 36.4 Å². The fourth-order valence-electron chi connectivity index (χ4n) is 1.87. The molecule has 0 radical (unpaired) electrons. The van der Waals surface area contributed by atoms with Gasteiger partial charge in [-0.3, -0.25) is 4.79 Å². The molecule has 2 aromatic carbocycles. The minimum atomic E-state index is -0.803. The monoisotopic (exact) mass is 352 g/mol. The number of methoxy groups -OCH3 is 1. The van der Waals surface area contributed by atoms with Gasteiger partial charge < -0.3 is 20.5 Å². The number of rotatable bonds is 5. The van der Waals surface area contributed by atoms with Gasteiger partial charge in [0.2, 0.25) is 0 Å². The lowest BCUT2D eigenvalue weighted by Crippen LogP contribution is -2.21. The van der Waals surface area contributed by atoms with E-state index >= 15 is 0 Å². The summed E-state index contributed by atoms with van der Waals surface area (Å²) in [6.07, 6.45) is 0. The second-order valence-corrected chi connectivity index (χ2v) is 5.12. The van der Waals surface area contributed by atoms with E-state index in [9.17, 15) is 14.0 Å². The highest BCUT2D eigenvalue weighted by Gasteiger charge is 2.17. The number of nitrogens with one attached hydrogen (secondary N) is 1. The number of esters is 1. The third kappa shape index (κ3) is 4.36. The van der Waals surface area contributed by atoms with Crippen LogP contribution in [0.3, 0.4) is 0 Å². The molecule has 8 heteroatoms. The summed E-state index contributed by atoms with van der Waals surface area (Å²) in [6, 6.07) is 8.01. The standard InChI is InChI=1S/C16H14ClFN2O4/c1-23-14-7-13(19)12(17)6-11(14)16(22)24-8-15(21)20-10-4-2-3-9(18)5-10/h2-7H,8,19H2,1H3,(H,20,21). The van der Waals surface area contributed by atoms with Crippen LogP contribution < -0.4 is 15.8 Å². The Morgan fingerprint density at radius 2 is 2.04 bits per heavy atom. The summed E-state index contributed by atoms with van der Waals surface area (Å²) in [5.41, 5.74) is 6.16. The summed E-state index contributed by atoms with van der Waals surface area (Å²) in [6.45, 7) is -0.555. The van der Waals surface area contributed by atoms with Gasteiger partial charge in [-0.2, -0.15) is 0 Å². The first-order chi connectivity index (χ1) is 11.4. The summed E-state index contributed by atoms with van der Waals surface area (Å²) < 4.78 is 23.0. The number of hydrogen-bond donors (Lipinski definition) is 2. The van der Waals surface area contributed by atoms with Crippen LogP contribution in [-0.4, -0.2) is 25.6 Å². The first kappa shape index (κ1) is 17.6. The zero-order chi connectivity index (χ0) is 17.7. The average Bonchev–Trinajstić information content (AvgIpc) is 2.54. The molecule has 24 heavy (non-hydrogen) atoms. The molecular formula is C16H14ClFN2O4. The number of anilines is 2. The van der Waals surface area contributed by atoms with Gasteiger partial charge in [0.05, 0.1) is 17.8 Å². The maximum atomic E-state index is 13.0. The molecule has 0 saturated carbocycles. The van der Waals surface area contributed by atoms with Crippen molar-refractivity contribution in [3.8, 4) is 5.75 Å². The van der Waals surface area contributed by atoms with Gasteiger partial charge in [-0.15, -0.1) is 0 Å². The highest BCUT2D eigenvalue weighted by atomic mass is 35.5. The van der Waals surface area contributed by atoms with Gasteiger partial charge in [0.25, 0.3) is 5.91 Å². The summed E-state index contributed by atoms with van der Waals surface area (Å²) in [4.78, 5) is 23.8. The summed E-state index contributed by atoms with van der Waals surface area (Å²) in [5.74, 6) is -1.74. The van der Waals surface area contributed by atoms with Crippen LogP contribution in [0.4, 0.5) is 15.8 Å². The number of ether oxygens (including phenoxy) is 2. The number of amides is 1. The smallest absolute Gasteiger partial charge is 0.342 e. The molecule has 0 bridgehead atoms. The average molecular weight is 353 g/mol. The van der Waals surface area contributed by atoms with Crippen molar-refractivity contribution in [2.75, 3.05) is 24.8 Å². The molecule has 0 aliphatic carbocycles. The van der Waals surface area contributed by atoms with E-state index in [1.165, 1.54) is 37.4 Å². The molecule has 0 saturated heterocycles. The van der Waals surface area contributed by atoms with Crippen LogP contribution in [0.5, 0.6) is 5.75 Å². The largest absolute Gasteiger partial charge is 0.496 e. The van der Waals surface area contributed by atoms with E-state index in [-0.39, 0.29) is 27.7 Å². The molecule has 0 unspecified atom stereocenters. The Kier molecular flexibility index (Phi) is 5.59. The Labute approximate surface area is 142 Å². The van der Waals surface area contributed by atoms with Gasteiger partial charge in [0.15, 0.2) is 6.61 Å². The molecule has 6 nitrogen and oxygen atoms in total. The Bertz CT molecular complexity index is 783. The molecule has 126 valence electrons. The maximum absolute atomic E-state index is 13.0. The van der Waals surface area contributed by atoms with Gasteiger partial charge in [-0.05, 0) is 24.3 Å². The number of hydrogen-bond acceptors (Lipinski definition) is 5. The van der Waals surface area contributed by atoms with Crippen molar-refractivity contribution in [3.63, 3.8) is 0 Å². The lowest BCUT2D eigenvalue weighted by molar-refractivity contribution is -0.119. The molecule has 1 amide bonds. The second kappa shape index (κ2) is 7.65. The van der Waals surface area contributed by atoms with Crippen LogP contribution in [-0.2, 0) is 9.53 Å². The van der Waals surface area contributed by atoms with Gasteiger partial charge in [-0.1, -0.05) is 17.7 Å². The van der Waals surface area contributed by atoms with Gasteiger partial charge in [0.1, 0.15) is 17.1 Å². The SMILES string of the molecule is COc1cc(N)c(Cl)cc1C(=O)OCC(=O)Nc1cccc(F)c1. The Balaban J connectivity index is 2.00. The lowest BCUT2D eigenvalue weighted by Gasteiger charge is -2.11. The Hall–Kier alpha value is -2.80. The van der Waals surface area contributed by atoms with E-state index in [1.807, 2.05) is 0 Å². The fraction of sp³-hybridized carbons (Fsp3) is 0.125.